The van der Waals surface area contributed by atoms with Gasteiger partial charge in [-0.1, -0.05) is 273 Å². The number of rotatable bonds is 72. The summed E-state index contributed by atoms with van der Waals surface area (Å²) in [5, 5.41) is 10.6. The van der Waals surface area contributed by atoms with E-state index in [2.05, 4.69) is 125 Å². The van der Waals surface area contributed by atoms with Crippen molar-refractivity contribution in [2.45, 2.75) is 341 Å². The van der Waals surface area contributed by atoms with Gasteiger partial charge in [-0.2, -0.15) is 0 Å². The summed E-state index contributed by atoms with van der Waals surface area (Å²) in [7, 11) is -9.96. The summed E-state index contributed by atoms with van der Waals surface area (Å²) in [4.78, 5) is 72.8. The van der Waals surface area contributed by atoms with E-state index in [-0.39, 0.29) is 25.7 Å². The topological polar surface area (TPSA) is 237 Å². The van der Waals surface area contributed by atoms with Crippen LogP contribution in [0.2, 0.25) is 0 Å². The molecule has 3 N–H and O–H groups in total. The molecule has 0 aromatic rings. The van der Waals surface area contributed by atoms with Crippen LogP contribution in [0, 0.1) is 0 Å². The van der Waals surface area contributed by atoms with Crippen molar-refractivity contribution in [2.24, 2.45) is 0 Å². The Hall–Kier alpha value is -4.02. The highest BCUT2D eigenvalue weighted by atomic mass is 31.2. The number of esters is 4. The molecular weight excluding hydrogens is 1280 g/mol. The van der Waals surface area contributed by atoms with E-state index in [1.54, 1.807) is 0 Å². The van der Waals surface area contributed by atoms with Crippen molar-refractivity contribution in [3.63, 3.8) is 0 Å². The Labute approximate surface area is 595 Å². The first-order valence-electron chi connectivity index (χ1n) is 38.5. The Morgan fingerprint density at radius 1 is 0.296 bits per heavy atom. The minimum atomic E-state index is -4.98. The first-order chi connectivity index (χ1) is 47.7. The third-order valence-electron chi connectivity index (χ3n) is 16.0. The van der Waals surface area contributed by atoms with Gasteiger partial charge >= 0.3 is 39.5 Å². The minimum Gasteiger partial charge on any atom is -0.462 e. The molecule has 0 saturated heterocycles. The van der Waals surface area contributed by atoms with Gasteiger partial charge in [0, 0.05) is 25.7 Å². The summed E-state index contributed by atoms with van der Waals surface area (Å²) in [5.41, 5.74) is 0. The fraction of sp³-hybridized carbons (Fsp3) is 0.747. The minimum absolute atomic E-state index is 0.0707. The fourth-order valence-corrected chi connectivity index (χ4v) is 11.7. The van der Waals surface area contributed by atoms with Crippen molar-refractivity contribution >= 4 is 39.5 Å². The Bertz CT molecular complexity index is 2240. The van der Waals surface area contributed by atoms with Gasteiger partial charge in [-0.3, -0.25) is 37.3 Å². The number of unbranched alkanes of at least 4 members (excludes halogenated alkanes) is 30. The second-order valence-electron chi connectivity index (χ2n) is 25.6. The van der Waals surface area contributed by atoms with Gasteiger partial charge in [-0.25, -0.2) is 9.13 Å². The Kier molecular flexibility index (Phi) is 68.4. The Morgan fingerprint density at radius 2 is 0.551 bits per heavy atom. The van der Waals surface area contributed by atoms with Crippen LogP contribution in [0.1, 0.15) is 323 Å². The number of carbonyl (C=O) groups is 4. The second-order valence-corrected chi connectivity index (χ2v) is 28.5. The van der Waals surface area contributed by atoms with Crippen LogP contribution < -0.4 is 0 Å². The number of aliphatic hydroxyl groups is 1. The smallest absolute Gasteiger partial charge is 0.462 e. The molecule has 0 aromatic carbocycles. The van der Waals surface area contributed by atoms with Gasteiger partial charge in [-0.15, -0.1) is 0 Å². The number of aliphatic hydroxyl groups excluding tert-OH is 1. The van der Waals surface area contributed by atoms with E-state index in [1.165, 1.54) is 77.0 Å². The van der Waals surface area contributed by atoms with Crippen molar-refractivity contribution in [1.29, 1.82) is 0 Å². The zero-order valence-corrected chi connectivity index (χ0v) is 63.5. The van der Waals surface area contributed by atoms with Crippen molar-refractivity contribution in [3.8, 4) is 0 Å². The summed E-state index contributed by atoms with van der Waals surface area (Å²) in [5.74, 6) is -2.22. The molecule has 0 spiro atoms. The lowest BCUT2D eigenvalue weighted by atomic mass is 10.0. The SMILES string of the molecule is CC/C=C\C/C=C\C/C=C\C/C=C\C/C=C\CCCCCC(=O)OCC(COP(=O)(O)OCC(O)COP(=O)(O)OCC(COC(=O)CCCCCCC/C=C\CCCCCC)OC(=O)CCCCCCCCCCCCCCC)OC(=O)CCCCCCC/C=C\C/C=C\CCC. The van der Waals surface area contributed by atoms with Gasteiger partial charge in [0.15, 0.2) is 12.2 Å². The molecule has 17 nitrogen and oxygen atoms in total. The predicted molar refractivity (Wildman–Crippen MR) is 399 cm³/mol. The second kappa shape index (κ2) is 71.4. The number of ether oxygens (including phenoxy) is 4. The molecule has 0 fully saturated rings. The standard InChI is InChI=1S/C79H138O17P2/c1-5-9-13-17-21-25-29-33-34-35-36-37-38-42-44-48-52-56-60-64-77(82)90-70-75(96-79(84)66-62-58-54-50-46-41-32-28-24-20-16-12-8-4)72-94-98(87,88)92-68-73(80)67-91-97(85,86)93-71-74(95-78(83)65-61-57-53-49-45-40-31-27-23-19-15-11-7-3)69-89-76(81)63-59-55-51-47-43-39-30-26-22-18-14-10-6-2/h9,13,16,20-21,25-26,28,30,32-34,36-37,42,44,73-75,80H,5-8,10-12,14-15,17-19,22-24,27,29,31,35,38-41,43,45-72H2,1-4H3,(H,85,86)(H,87,88)/b13-9-,20-16-,25-21-,30-26-,32-28-,34-33-,37-36-,44-42-. The molecular formula is C79H138O17P2. The molecule has 0 aromatic heterocycles. The lowest BCUT2D eigenvalue weighted by Crippen LogP contribution is -2.30. The Balaban J connectivity index is 5.35. The highest BCUT2D eigenvalue weighted by molar-refractivity contribution is 7.47. The third kappa shape index (κ3) is 70.4. The number of hydrogen-bond acceptors (Lipinski definition) is 15. The molecule has 566 valence electrons. The van der Waals surface area contributed by atoms with Crippen molar-refractivity contribution in [3.05, 3.63) is 97.2 Å². The quantitative estimate of drug-likeness (QED) is 0.0169. The van der Waals surface area contributed by atoms with Crippen LogP contribution >= 0.6 is 15.6 Å². The Morgan fingerprint density at radius 3 is 0.888 bits per heavy atom. The number of phosphoric acid groups is 2. The fourth-order valence-electron chi connectivity index (χ4n) is 10.2. The molecule has 19 heteroatoms. The normalized spacial score (nSPS) is 14.5. The monoisotopic (exact) mass is 1420 g/mol. The molecule has 0 aliphatic carbocycles. The highest BCUT2D eigenvalue weighted by Crippen LogP contribution is 2.45. The van der Waals surface area contributed by atoms with Crippen molar-refractivity contribution < 1.29 is 80.2 Å². The lowest BCUT2D eigenvalue weighted by molar-refractivity contribution is -0.161. The molecule has 0 bridgehead atoms. The average molecular weight is 1420 g/mol. The maximum Gasteiger partial charge on any atom is 0.472 e. The largest absolute Gasteiger partial charge is 0.472 e. The summed E-state index contributed by atoms with van der Waals surface area (Å²) in [6, 6.07) is 0. The summed E-state index contributed by atoms with van der Waals surface area (Å²) in [6.07, 6.45) is 74.0. The number of allylic oxidation sites excluding steroid dienone is 16. The molecule has 0 amide bonds. The molecule has 0 radical (unpaired) electrons. The molecule has 0 aliphatic heterocycles. The van der Waals surface area contributed by atoms with E-state index in [1.807, 2.05) is 0 Å². The van der Waals surface area contributed by atoms with Crippen LogP contribution in [-0.2, 0) is 65.4 Å². The van der Waals surface area contributed by atoms with Crippen molar-refractivity contribution in [2.75, 3.05) is 39.6 Å². The number of phosphoric ester groups is 2. The highest BCUT2D eigenvalue weighted by Gasteiger charge is 2.30. The molecule has 5 atom stereocenters. The van der Waals surface area contributed by atoms with Gasteiger partial charge < -0.3 is 33.8 Å². The lowest BCUT2D eigenvalue weighted by Gasteiger charge is -2.21. The molecule has 0 saturated carbocycles. The average Bonchev–Trinajstić information content (AvgIpc) is 0.966. The third-order valence-corrected chi connectivity index (χ3v) is 17.9. The van der Waals surface area contributed by atoms with Crippen LogP contribution in [0.3, 0.4) is 0 Å². The molecule has 0 aliphatic rings. The van der Waals surface area contributed by atoms with Gasteiger partial charge in [0.25, 0.3) is 0 Å². The van der Waals surface area contributed by atoms with Gasteiger partial charge in [0.1, 0.15) is 19.3 Å². The predicted octanol–water partition coefficient (Wildman–Crippen LogP) is 22.0. The van der Waals surface area contributed by atoms with Crippen LogP contribution in [0.5, 0.6) is 0 Å². The van der Waals surface area contributed by atoms with E-state index in [4.69, 9.17) is 37.0 Å². The zero-order chi connectivity index (χ0) is 71.8. The number of hydrogen-bond donors (Lipinski definition) is 3. The van der Waals surface area contributed by atoms with Gasteiger partial charge in [-0.05, 0) is 122 Å². The molecule has 98 heavy (non-hydrogen) atoms. The maximum absolute atomic E-state index is 13.1. The van der Waals surface area contributed by atoms with E-state index in [0.29, 0.717) is 25.7 Å². The van der Waals surface area contributed by atoms with Gasteiger partial charge in [0.2, 0.25) is 0 Å². The molecule has 0 heterocycles. The van der Waals surface area contributed by atoms with E-state index < -0.39 is 97.5 Å². The van der Waals surface area contributed by atoms with Crippen LogP contribution in [0.25, 0.3) is 0 Å². The molecule has 0 rings (SSSR count). The van der Waals surface area contributed by atoms with E-state index in [9.17, 15) is 43.2 Å². The zero-order valence-electron chi connectivity index (χ0n) is 61.7. The van der Waals surface area contributed by atoms with Gasteiger partial charge in [0.05, 0.1) is 26.4 Å². The first kappa shape index (κ1) is 94.0. The molecule has 5 unspecified atom stereocenters. The van der Waals surface area contributed by atoms with Crippen LogP contribution in [0.4, 0.5) is 0 Å². The van der Waals surface area contributed by atoms with Crippen LogP contribution in [-0.4, -0.2) is 96.7 Å². The summed E-state index contributed by atoms with van der Waals surface area (Å²) < 4.78 is 68.4. The number of carbonyl (C=O) groups excluding carboxylic acids is 4. The first-order valence-corrected chi connectivity index (χ1v) is 41.5. The van der Waals surface area contributed by atoms with E-state index in [0.717, 1.165) is 167 Å². The van der Waals surface area contributed by atoms with Crippen molar-refractivity contribution in [1.82, 2.24) is 0 Å². The van der Waals surface area contributed by atoms with E-state index >= 15 is 0 Å². The maximum atomic E-state index is 13.1. The van der Waals surface area contributed by atoms with Crippen LogP contribution in [0.15, 0.2) is 97.2 Å². The summed E-state index contributed by atoms with van der Waals surface area (Å²) in [6.45, 7) is 4.64. The summed E-state index contributed by atoms with van der Waals surface area (Å²) >= 11 is 0.